The molecule has 0 saturated heterocycles. The van der Waals surface area contributed by atoms with Crippen molar-refractivity contribution in [3.63, 3.8) is 0 Å². The van der Waals surface area contributed by atoms with Crippen LogP contribution in [-0.4, -0.2) is 16.8 Å². The summed E-state index contributed by atoms with van der Waals surface area (Å²) in [6.45, 7) is 2.37. The van der Waals surface area contributed by atoms with Crippen molar-refractivity contribution in [3.8, 4) is 17.2 Å². The highest BCUT2D eigenvalue weighted by molar-refractivity contribution is 5.47. The van der Waals surface area contributed by atoms with Crippen molar-refractivity contribution < 1.29 is 19.3 Å². The van der Waals surface area contributed by atoms with E-state index in [2.05, 4.69) is 0 Å². The summed E-state index contributed by atoms with van der Waals surface area (Å²) in [7, 11) is 0. The van der Waals surface area contributed by atoms with E-state index in [0.717, 1.165) is 5.56 Å². The van der Waals surface area contributed by atoms with Gasteiger partial charge in [0.2, 0.25) is 0 Å². The lowest BCUT2D eigenvalue weighted by Crippen LogP contribution is -2.23. The van der Waals surface area contributed by atoms with Gasteiger partial charge in [-0.3, -0.25) is 0 Å². The van der Waals surface area contributed by atoms with Gasteiger partial charge in [-0.1, -0.05) is 19.1 Å². The van der Waals surface area contributed by atoms with Crippen molar-refractivity contribution in [2.75, 3.05) is 6.61 Å². The fourth-order valence-corrected chi connectivity index (χ4v) is 2.75. The van der Waals surface area contributed by atoms with E-state index in [4.69, 9.17) is 4.74 Å². The Morgan fingerprint density at radius 2 is 1.80 bits per heavy atom. The van der Waals surface area contributed by atoms with Crippen molar-refractivity contribution >= 4 is 0 Å². The SMILES string of the molecule is C[C@@H]1c2c(ccc(O)c2F)OC[C@H]1c1ccc(O)cc1. The molecule has 0 spiro atoms. The lowest BCUT2D eigenvalue weighted by Gasteiger charge is -2.32. The second kappa shape index (κ2) is 4.71. The summed E-state index contributed by atoms with van der Waals surface area (Å²) in [5.41, 5.74) is 1.39. The molecule has 2 aromatic carbocycles. The Morgan fingerprint density at radius 1 is 1.10 bits per heavy atom. The van der Waals surface area contributed by atoms with E-state index in [1.807, 2.05) is 19.1 Å². The molecule has 2 atom stereocenters. The quantitative estimate of drug-likeness (QED) is 0.836. The van der Waals surface area contributed by atoms with Crippen LogP contribution >= 0.6 is 0 Å². The van der Waals surface area contributed by atoms with E-state index in [0.29, 0.717) is 17.9 Å². The number of phenolic OH excluding ortho intramolecular Hbond substituents is 2. The predicted octanol–water partition coefficient (Wildman–Crippen LogP) is 3.52. The number of halogens is 1. The van der Waals surface area contributed by atoms with Crippen molar-refractivity contribution in [3.05, 3.63) is 53.3 Å². The maximum absolute atomic E-state index is 14.1. The van der Waals surface area contributed by atoms with E-state index in [-0.39, 0.29) is 23.3 Å². The van der Waals surface area contributed by atoms with Crippen LogP contribution in [0.15, 0.2) is 36.4 Å². The number of rotatable bonds is 1. The minimum atomic E-state index is -0.613. The van der Waals surface area contributed by atoms with Gasteiger partial charge in [0.05, 0.1) is 6.61 Å². The smallest absolute Gasteiger partial charge is 0.171 e. The first-order chi connectivity index (χ1) is 9.58. The maximum Gasteiger partial charge on any atom is 0.171 e. The van der Waals surface area contributed by atoms with Gasteiger partial charge in [0.15, 0.2) is 11.6 Å². The van der Waals surface area contributed by atoms with Crippen LogP contribution in [0.2, 0.25) is 0 Å². The molecule has 0 unspecified atom stereocenters. The molecule has 2 N–H and O–H groups in total. The largest absolute Gasteiger partial charge is 0.508 e. The Morgan fingerprint density at radius 3 is 2.50 bits per heavy atom. The fraction of sp³-hybridized carbons (Fsp3) is 0.250. The fourth-order valence-electron chi connectivity index (χ4n) is 2.75. The molecule has 1 aliphatic rings. The summed E-state index contributed by atoms with van der Waals surface area (Å²) in [4.78, 5) is 0. The minimum absolute atomic E-state index is 0.0144. The number of aromatic hydroxyl groups is 2. The number of benzene rings is 2. The molecule has 3 nitrogen and oxygen atoms in total. The Balaban J connectivity index is 2.02. The van der Waals surface area contributed by atoms with Crippen molar-refractivity contribution in [1.82, 2.24) is 0 Å². The molecule has 0 saturated carbocycles. The Kier molecular flexibility index (Phi) is 3.01. The first-order valence-electron chi connectivity index (χ1n) is 6.51. The van der Waals surface area contributed by atoms with E-state index in [1.54, 1.807) is 18.2 Å². The van der Waals surface area contributed by atoms with Crippen LogP contribution in [0.1, 0.15) is 29.9 Å². The zero-order valence-electron chi connectivity index (χ0n) is 11.0. The average Bonchev–Trinajstić information content (AvgIpc) is 2.44. The van der Waals surface area contributed by atoms with Crippen LogP contribution in [0.3, 0.4) is 0 Å². The van der Waals surface area contributed by atoms with Gasteiger partial charge in [0, 0.05) is 11.5 Å². The summed E-state index contributed by atoms with van der Waals surface area (Å²) in [5.74, 6) is -0.413. The Hall–Kier alpha value is -2.23. The second-order valence-electron chi connectivity index (χ2n) is 5.11. The third kappa shape index (κ3) is 1.97. The zero-order valence-corrected chi connectivity index (χ0v) is 11.0. The van der Waals surface area contributed by atoms with Gasteiger partial charge in [0.25, 0.3) is 0 Å². The molecule has 0 aliphatic carbocycles. The Labute approximate surface area is 116 Å². The highest BCUT2D eigenvalue weighted by atomic mass is 19.1. The third-order valence-electron chi connectivity index (χ3n) is 3.92. The average molecular weight is 274 g/mol. The predicted molar refractivity (Wildman–Crippen MR) is 72.8 cm³/mol. The molecule has 0 aromatic heterocycles. The van der Waals surface area contributed by atoms with Gasteiger partial charge in [0.1, 0.15) is 11.5 Å². The van der Waals surface area contributed by atoms with Gasteiger partial charge >= 0.3 is 0 Å². The lowest BCUT2D eigenvalue weighted by atomic mass is 9.81. The first kappa shape index (κ1) is 12.8. The summed E-state index contributed by atoms with van der Waals surface area (Å²) in [6.07, 6.45) is 0. The Bertz CT molecular complexity index is 637. The highest BCUT2D eigenvalue weighted by Gasteiger charge is 2.32. The van der Waals surface area contributed by atoms with E-state index >= 15 is 0 Å². The molecule has 1 heterocycles. The van der Waals surface area contributed by atoms with Crippen LogP contribution < -0.4 is 4.74 Å². The van der Waals surface area contributed by atoms with E-state index < -0.39 is 5.82 Å². The van der Waals surface area contributed by atoms with Gasteiger partial charge < -0.3 is 14.9 Å². The van der Waals surface area contributed by atoms with Gasteiger partial charge in [-0.2, -0.15) is 0 Å². The molecule has 20 heavy (non-hydrogen) atoms. The molecule has 104 valence electrons. The topological polar surface area (TPSA) is 49.7 Å². The molecular weight excluding hydrogens is 259 g/mol. The van der Waals surface area contributed by atoms with Gasteiger partial charge in [-0.05, 0) is 35.7 Å². The van der Waals surface area contributed by atoms with Crippen molar-refractivity contribution in [2.45, 2.75) is 18.8 Å². The normalized spacial score (nSPS) is 21.1. The van der Waals surface area contributed by atoms with E-state index in [9.17, 15) is 14.6 Å². The molecular formula is C16H15FO3. The van der Waals surface area contributed by atoms with Crippen LogP contribution in [0, 0.1) is 5.82 Å². The molecule has 0 amide bonds. The van der Waals surface area contributed by atoms with Crippen LogP contribution in [0.4, 0.5) is 4.39 Å². The molecule has 2 aromatic rings. The molecule has 0 radical (unpaired) electrons. The molecule has 3 rings (SSSR count). The minimum Gasteiger partial charge on any atom is -0.508 e. The lowest BCUT2D eigenvalue weighted by molar-refractivity contribution is 0.236. The third-order valence-corrected chi connectivity index (χ3v) is 3.92. The summed E-state index contributed by atoms with van der Waals surface area (Å²) >= 11 is 0. The summed E-state index contributed by atoms with van der Waals surface area (Å²) in [6, 6.07) is 9.74. The number of hydrogen-bond donors (Lipinski definition) is 2. The first-order valence-corrected chi connectivity index (χ1v) is 6.51. The van der Waals surface area contributed by atoms with Crippen LogP contribution in [-0.2, 0) is 0 Å². The standard InChI is InChI=1S/C16H15FO3/c1-9-12(10-2-4-11(18)5-3-10)8-20-14-7-6-13(19)16(17)15(9)14/h2-7,9,12,18-19H,8H2,1H3/t9-,12+/m0/s1. The van der Waals surface area contributed by atoms with Gasteiger partial charge in [-0.25, -0.2) is 4.39 Å². The number of ether oxygens (including phenoxy) is 1. The van der Waals surface area contributed by atoms with Crippen molar-refractivity contribution in [1.29, 1.82) is 0 Å². The highest BCUT2D eigenvalue weighted by Crippen LogP contribution is 2.45. The van der Waals surface area contributed by atoms with Crippen LogP contribution in [0.5, 0.6) is 17.2 Å². The van der Waals surface area contributed by atoms with Gasteiger partial charge in [-0.15, -0.1) is 0 Å². The monoisotopic (exact) mass is 274 g/mol. The summed E-state index contributed by atoms with van der Waals surface area (Å²) < 4.78 is 19.7. The summed E-state index contributed by atoms with van der Waals surface area (Å²) in [5, 5.41) is 18.9. The zero-order chi connectivity index (χ0) is 14.3. The van der Waals surface area contributed by atoms with Crippen molar-refractivity contribution in [2.24, 2.45) is 0 Å². The molecule has 0 fully saturated rings. The number of phenols is 2. The molecule has 0 bridgehead atoms. The second-order valence-corrected chi connectivity index (χ2v) is 5.11. The van der Waals surface area contributed by atoms with Crippen LogP contribution in [0.25, 0.3) is 0 Å². The molecule has 1 aliphatic heterocycles. The molecule has 4 heteroatoms. The number of fused-ring (bicyclic) bond motifs is 1. The maximum atomic E-state index is 14.1. The number of hydrogen-bond acceptors (Lipinski definition) is 3. The van der Waals surface area contributed by atoms with E-state index in [1.165, 1.54) is 6.07 Å².